The molecule has 0 aliphatic carbocycles. The molecule has 1 aliphatic rings. The Kier molecular flexibility index (Phi) is 10.6. The first-order valence-electron chi connectivity index (χ1n) is 13.6. The van der Waals surface area contributed by atoms with Gasteiger partial charge in [0.15, 0.2) is 0 Å². The van der Waals surface area contributed by atoms with Gasteiger partial charge in [-0.3, -0.25) is 24.9 Å². The Labute approximate surface area is 226 Å². The van der Waals surface area contributed by atoms with Crippen molar-refractivity contribution >= 4 is 22.3 Å². The summed E-state index contributed by atoms with van der Waals surface area (Å²) in [7, 11) is 0. The van der Waals surface area contributed by atoms with E-state index in [1.165, 1.54) is 12.1 Å². The molecule has 1 fully saturated rings. The molecule has 0 saturated carbocycles. The van der Waals surface area contributed by atoms with Crippen LogP contribution in [0.3, 0.4) is 0 Å². The first-order chi connectivity index (χ1) is 18.1. The summed E-state index contributed by atoms with van der Waals surface area (Å²) in [6.45, 7) is 18.4. The standard InChI is InChI=1S/C22H23FN4O2.C8H19N/c1-16-5-6-20-21(24-16)14-18(23)15-22(20)26-11-9-25(10-12-26)8-7-17-3-2-4-19(13-17)27(28)29;1-6-9(7(2)3)8(4)5/h2-6,13-15H,7-12H2,1H3;7-8H,6H2,1-5H3. The molecule has 0 spiro atoms. The number of hydrogen-bond donors (Lipinski definition) is 0. The second-order valence-electron chi connectivity index (χ2n) is 10.5. The summed E-state index contributed by atoms with van der Waals surface area (Å²) in [4.78, 5) is 22.0. The van der Waals surface area contributed by atoms with E-state index < -0.39 is 0 Å². The molecule has 2 heterocycles. The number of nitrogens with zero attached hydrogens (tertiary/aromatic N) is 5. The number of anilines is 1. The summed E-state index contributed by atoms with van der Waals surface area (Å²) in [5, 5.41) is 11.9. The van der Waals surface area contributed by atoms with Gasteiger partial charge in [0, 0.05) is 79.8 Å². The third-order valence-corrected chi connectivity index (χ3v) is 7.13. The Morgan fingerprint density at radius 2 is 1.71 bits per heavy atom. The molecule has 2 aromatic carbocycles. The van der Waals surface area contributed by atoms with E-state index in [1.54, 1.807) is 18.2 Å². The van der Waals surface area contributed by atoms with Crippen LogP contribution in [0.15, 0.2) is 48.5 Å². The highest BCUT2D eigenvalue weighted by atomic mass is 19.1. The van der Waals surface area contributed by atoms with Crippen molar-refractivity contribution in [2.45, 2.75) is 60.0 Å². The molecule has 7 nitrogen and oxygen atoms in total. The van der Waals surface area contributed by atoms with E-state index >= 15 is 0 Å². The van der Waals surface area contributed by atoms with Crippen LogP contribution in [-0.2, 0) is 6.42 Å². The van der Waals surface area contributed by atoms with Crippen LogP contribution >= 0.6 is 0 Å². The van der Waals surface area contributed by atoms with E-state index in [0.717, 1.165) is 68.0 Å². The SMILES string of the molecule is CCN(C(C)C)C(C)C.Cc1ccc2c(N3CCN(CCc4cccc([N+](=O)[O-])c4)CC3)cc(F)cc2n1. The third kappa shape index (κ3) is 7.95. The molecule has 0 radical (unpaired) electrons. The van der Waals surface area contributed by atoms with E-state index in [-0.39, 0.29) is 16.4 Å². The summed E-state index contributed by atoms with van der Waals surface area (Å²) in [6, 6.07) is 15.3. The molecule has 38 heavy (non-hydrogen) atoms. The van der Waals surface area contributed by atoms with Crippen LogP contribution in [-0.4, -0.2) is 71.1 Å². The molecular weight excluding hydrogens is 481 g/mol. The van der Waals surface area contributed by atoms with Crippen molar-refractivity contribution in [2.75, 3.05) is 44.2 Å². The van der Waals surface area contributed by atoms with Gasteiger partial charge in [-0.1, -0.05) is 19.1 Å². The smallest absolute Gasteiger partial charge is 0.269 e. The summed E-state index contributed by atoms with van der Waals surface area (Å²) < 4.78 is 14.1. The predicted molar refractivity (Wildman–Crippen MR) is 155 cm³/mol. The lowest BCUT2D eigenvalue weighted by Gasteiger charge is -2.36. The Balaban J connectivity index is 0.000000383. The van der Waals surface area contributed by atoms with Crippen LogP contribution in [0.5, 0.6) is 0 Å². The van der Waals surface area contributed by atoms with Gasteiger partial charge < -0.3 is 4.90 Å². The molecule has 0 N–H and O–H groups in total. The van der Waals surface area contributed by atoms with Crippen molar-refractivity contribution in [3.05, 3.63) is 75.7 Å². The van der Waals surface area contributed by atoms with E-state index in [1.807, 2.05) is 25.1 Å². The first kappa shape index (κ1) is 29.5. The van der Waals surface area contributed by atoms with Gasteiger partial charge >= 0.3 is 0 Å². The fourth-order valence-electron chi connectivity index (χ4n) is 5.20. The lowest BCUT2D eigenvalue weighted by Crippen LogP contribution is -2.47. The van der Waals surface area contributed by atoms with Gasteiger partial charge in [-0.05, 0) is 71.3 Å². The molecule has 206 valence electrons. The number of hydrogen-bond acceptors (Lipinski definition) is 6. The van der Waals surface area contributed by atoms with Crippen LogP contribution in [0, 0.1) is 22.9 Å². The average Bonchev–Trinajstić information content (AvgIpc) is 2.87. The van der Waals surface area contributed by atoms with Crippen LogP contribution in [0.1, 0.15) is 45.9 Å². The van der Waals surface area contributed by atoms with Gasteiger partial charge in [-0.2, -0.15) is 0 Å². The maximum Gasteiger partial charge on any atom is 0.269 e. The second kappa shape index (κ2) is 13.6. The van der Waals surface area contributed by atoms with E-state index in [2.05, 4.69) is 54.3 Å². The number of pyridine rings is 1. The van der Waals surface area contributed by atoms with Crippen LogP contribution in [0.4, 0.5) is 15.8 Å². The third-order valence-electron chi connectivity index (χ3n) is 7.13. The van der Waals surface area contributed by atoms with Crippen LogP contribution in [0.25, 0.3) is 10.9 Å². The highest BCUT2D eigenvalue weighted by Crippen LogP contribution is 2.28. The fraction of sp³-hybridized carbons (Fsp3) is 0.500. The first-order valence-corrected chi connectivity index (χ1v) is 13.6. The van der Waals surface area contributed by atoms with Crippen molar-refractivity contribution in [1.82, 2.24) is 14.8 Å². The molecule has 4 rings (SSSR count). The maximum absolute atomic E-state index is 14.1. The number of halogens is 1. The van der Waals surface area contributed by atoms with Gasteiger partial charge in [0.25, 0.3) is 5.69 Å². The number of aryl methyl sites for hydroxylation is 1. The molecule has 0 amide bonds. The zero-order chi connectivity index (χ0) is 27.8. The van der Waals surface area contributed by atoms with Gasteiger partial charge in [0.05, 0.1) is 10.4 Å². The molecule has 0 atom stereocenters. The lowest BCUT2D eigenvalue weighted by molar-refractivity contribution is -0.384. The van der Waals surface area contributed by atoms with Crippen LogP contribution in [0.2, 0.25) is 0 Å². The van der Waals surface area contributed by atoms with Crippen molar-refractivity contribution in [3.8, 4) is 0 Å². The normalized spacial score (nSPS) is 14.3. The van der Waals surface area contributed by atoms with E-state index in [4.69, 9.17) is 0 Å². The molecule has 0 unspecified atom stereocenters. The van der Waals surface area contributed by atoms with Gasteiger partial charge in [-0.15, -0.1) is 0 Å². The minimum atomic E-state index is -0.359. The van der Waals surface area contributed by atoms with Crippen molar-refractivity contribution in [3.63, 3.8) is 0 Å². The Morgan fingerprint density at radius 1 is 1.03 bits per heavy atom. The van der Waals surface area contributed by atoms with Crippen LogP contribution < -0.4 is 4.90 Å². The zero-order valence-electron chi connectivity index (χ0n) is 23.7. The number of nitro groups is 1. The van der Waals surface area contributed by atoms with Gasteiger partial charge in [0.2, 0.25) is 0 Å². The quantitative estimate of drug-likeness (QED) is 0.263. The largest absolute Gasteiger partial charge is 0.368 e. The minimum Gasteiger partial charge on any atom is -0.368 e. The molecule has 0 bridgehead atoms. The van der Waals surface area contributed by atoms with Crippen molar-refractivity contribution in [2.24, 2.45) is 0 Å². The minimum absolute atomic E-state index is 0.133. The summed E-state index contributed by atoms with van der Waals surface area (Å²) in [5.74, 6) is -0.265. The Morgan fingerprint density at radius 3 is 2.29 bits per heavy atom. The molecule has 8 heteroatoms. The monoisotopic (exact) mass is 523 g/mol. The number of non-ortho nitro benzene ring substituents is 1. The summed E-state index contributed by atoms with van der Waals surface area (Å²) in [5.41, 5.74) is 3.56. The predicted octanol–water partition coefficient (Wildman–Crippen LogP) is 6.08. The molecule has 3 aromatic rings. The molecule has 1 saturated heterocycles. The highest BCUT2D eigenvalue weighted by molar-refractivity contribution is 5.92. The molecule has 1 aliphatic heterocycles. The Hall–Kier alpha value is -3.10. The number of fused-ring (bicyclic) bond motifs is 1. The number of benzene rings is 2. The number of piperazine rings is 1. The van der Waals surface area contributed by atoms with Crippen molar-refractivity contribution in [1.29, 1.82) is 0 Å². The maximum atomic E-state index is 14.1. The average molecular weight is 524 g/mol. The molecular formula is C30H42FN5O2. The number of nitro benzene ring substituents is 1. The fourth-order valence-corrected chi connectivity index (χ4v) is 5.20. The number of rotatable bonds is 8. The molecule has 1 aromatic heterocycles. The lowest BCUT2D eigenvalue weighted by atomic mass is 10.1. The van der Waals surface area contributed by atoms with Crippen molar-refractivity contribution < 1.29 is 9.31 Å². The Bertz CT molecular complexity index is 1200. The van der Waals surface area contributed by atoms with Gasteiger partial charge in [0.1, 0.15) is 5.82 Å². The second-order valence-corrected chi connectivity index (χ2v) is 10.5. The van der Waals surface area contributed by atoms with E-state index in [0.29, 0.717) is 17.6 Å². The summed E-state index contributed by atoms with van der Waals surface area (Å²) >= 11 is 0. The highest BCUT2D eigenvalue weighted by Gasteiger charge is 2.20. The zero-order valence-corrected chi connectivity index (χ0v) is 23.7. The van der Waals surface area contributed by atoms with E-state index in [9.17, 15) is 14.5 Å². The summed E-state index contributed by atoms with van der Waals surface area (Å²) in [6.07, 6.45) is 0.772. The topological polar surface area (TPSA) is 65.8 Å². The van der Waals surface area contributed by atoms with Gasteiger partial charge in [-0.25, -0.2) is 4.39 Å². The number of aromatic nitrogens is 1.